The number of halogens is 1. The standard InChI is InChI=1S/C26H29ClN4O4/c1-16(2)12-19-8-9-20(13-21(19)27)28-23-29-24(34)31(15-26(10-11-26)22(32)33)25(35)30(23)14-18-6-4-17(3)5-7-18/h4-9,13,16H,10-12,14-15H2,1-3H3,(H,32,33)(H,28,29,34). The molecule has 9 heteroatoms. The molecule has 0 saturated heterocycles. The smallest absolute Gasteiger partial charge is 0.354 e. The highest BCUT2D eigenvalue weighted by Gasteiger charge is 2.51. The second-order valence-electron chi connectivity index (χ2n) is 9.77. The molecule has 0 radical (unpaired) electrons. The molecule has 0 bridgehead atoms. The van der Waals surface area contributed by atoms with Gasteiger partial charge in [-0.2, -0.15) is 4.98 Å². The van der Waals surface area contributed by atoms with E-state index in [9.17, 15) is 19.5 Å². The Morgan fingerprint density at radius 1 is 1.14 bits per heavy atom. The summed E-state index contributed by atoms with van der Waals surface area (Å²) in [6, 6.07) is 13.2. The molecular weight excluding hydrogens is 468 g/mol. The molecule has 1 aromatic heterocycles. The molecule has 3 aromatic rings. The van der Waals surface area contributed by atoms with Crippen LogP contribution in [0.5, 0.6) is 0 Å². The van der Waals surface area contributed by atoms with Crippen LogP contribution in [-0.4, -0.2) is 25.2 Å². The summed E-state index contributed by atoms with van der Waals surface area (Å²) in [5.41, 5.74) is 1.05. The predicted molar refractivity (Wildman–Crippen MR) is 136 cm³/mol. The van der Waals surface area contributed by atoms with Gasteiger partial charge in [-0.3, -0.25) is 9.36 Å². The van der Waals surface area contributed by atoms with Gasteiger partial charge >= 0.3 is 17.3 Å². The van der Waals surface area contributed by atoms with Gasteiger partial charge in [0.2, 0.25) is 5.95 Å². The number of nitrogens with one attached hydrogen (secondary N) is 1. The Hall–Kier alpha value is -3.39. The normalized spacial score (nSPS) is 14.2. The van der Waals surface area contributed by atoms with Crippen LogP contribution in [0.4, 0.5) is 11.6 Å². The van der Waals surface area contributed by atoms with Crippen molar-refractivity contribution in [2.75, 3.05) is 5.32 Å². The van der Waals surface area contributed by atoms with E-state index in [0.29, 0.717) is 29.5 Å². The SMILES string of the molecule is Cc1ccc(Cn2c(Nc3ccc(CC(C)C)c(Cl)c3)nc(=O)n(CC3(C(=O)O)CC3)c2=O)cc1. The van der Waals surface area contributed by atoms with Gasteiger partial charge in [0.05, 0.1) is 12.0 Å². The minimum absolute atomic E-state index is 0.0738. The number of benzene rings is 2. The van der Waals surface area contributed by atoms with Crippen LogP contribution < -0.4 is 16.7 Å². The first kappa shape index (κ1) is 24.7. The van der Waals surface area contributed by atoms with Crippen LogP contribution in [0.15, 0.2) is 52.1 Å². The van der Waals surface area contributed by atoms with Gasteiger partial charge in [-0.15, -0.1) is 0 Å². The van der Waals surface area contributed by atoms with E-state index in [1.165, 1.54) is 4.57 Å². The lowest BCUT2D eigenvalue weighted by molar-refractivity contribution is -0.143. The second-order valence-corrected chi connectivity index (χ2v) is 10.2. The summed E-state index contributed by atoms with van der Waals surface area (Å²) >= 11 is 6.47. The lowest BCUT2D eigenvalue weighted by atomic mass is 10.0. The molecule has 1 saturated carbocycles. The van der Waals surface area contributed by atoms with Crippen LogP contribution in [0.1, 0.15) is 43.4 Å². The fourth-order valence-corrected chi connectivity index (χ4v) is 4.29. The lowest BCUT2D eigenvalue weighted by Crippen LogP contribution is -2.45. The summed E-state index contributed by atoms with van der Waals surface area (Å²) in [5, 5.41) is 13.2. The van der Waals surface area contributed by atoms with E-state index in [2.05, 4.69) is 24.1 Å². The molecule has 8 nitrogen and oxygen atoms in total. The highest BCUT2D eigenvalue weighted by atomic mass is 35.5. The van der Waals surface area contributed by atoms with Gasteiger partial charge in [-0.05, 0) is 55.4 Å². The molecule has 1 aliphatic carbocycles. The number of aryl methyl sites for hydroxylation is 1. The quantitative estimate of drug-likeness (QED) is 0.459. The highest BCUT2D eigenvalue weighted by molar-refractivity contribution is 6.31. The van der Waals surface area contributed by atoms with E-state index in [-0.39, 0.29) is 19.0 Å². The van der Waals surface area contributed by atoms with E-state index < -0.39 is 22.8 Å². The molecular formula is C26H29ClN4O4. The van der Waals surface area contributed by atoms with E-state index >= 15 is 0 Å². The molecule has 4 rings (SSSR count). The molecule has 35 heavy (non-hydrogen) atoms. The maximum Gasteiger partial charge on any atom is 0.354 e. The predicted octanol–water partition coefficient (Wildman–Crippen LogP) is 4.22. The Kier molecular flexibility index (Phi) is 6.85. The summed E-state index contributed by atoms with van der Waals surface area (Å²) < 4.78 is 2.29. The van der Waals surface area contributed by atoms with Gasteiger partial charge in [0, 0.05) is 17.3 Å². The van der Waals surface area contributed by atoms with Gasteiger partial charge in [-0.1, -0.05) is 61.3 Å². The van der Waals surface area contributed by atoms with Crippen molar-refractivity contribution in [3.8, 4) is 0 Å². The van der Waals surface area contributed by atoms with E-state index in [0.717, 1.165) is 27.7 Å². The Bertz CT molecular complexity index is 1370. The lowest BCUT2D eigenvalue weighted by Gasteiger charge is -2.18. The van der Waals surface area contributed by atoms with Crippen LogP contribution in [-0.2, 0) is 24.3 Å². The molecule has 2 N–H and O–H groups in total. The number of anilines is 2. The third kappa shape index (κ3) is 5.48. The molecule has 1 heterocycles. The minimum atomic E-state index is -1.08. The summed E-state index contributed by atoms with van der Waals surface area (Å²) in [6.07, 6.45) is 1.68. The average molecular weight is 497 g/mol. The van der Waals surface area contributed by atoms with Crippen molar-refractivity contribution in [3.63, 3.8) is 0 Å². The van der Waals surface area contributed by atoms with Crippen LogP contribution in [0.3, 0.4) is 0 Å². The summed E-state index contributed by atoms with van der Waals surface area (Å²) in [4.78, 5) is 42.1. The Labute approximate surface area is 208 Å². The monoisotopic (exact) mass is 496 g/mol. The summed E-state index contributed by atoms with van der Waals surface area (Å²) in [7, 11) is 0. The summed E-state index contributed by atoms with van der Waals surface area (Å²) in [6.45, 7) is 6.16. The van der Waals surface area contributed by atoms with E-state index in [1.807, 2.05) is 43.3 Å². The highest BCUT2D eigenvalue weighted by Crippen LogP contribution is 2.46. The van der Waals surface area contributed by atoms with Crippen molar-refractivity contribution in [1.29, 1.82) is 0 Å². The number of carboxylic acids is 1. The number of carboxylic acid groups (broad SMARTS) is 1. The van der Waals surface area contributed by atoms with Crippen LogP contribution >= 0.6 is 11.6 Å². The van der Waals surface area contributed by atoms with Crippen molar-refractivity contribution in [2.45, 2.75) is 53.1 Å². The maximum atomic E-state index is 13.5. The fourth-order valence-electron chi connectivity index (χ4n) is 4.03. The Morgan fingerprint density at radius 3 is 2.40 bits per heavy atom. The van der Waals surface area contributed by atoms with Gasteiger partial charge in [0.1, 0.15) is 0 Å². The van der Waals surface area contributed by atoms with E-state index in [1.54, 1.807) is 6.07 Å². The molecule has 0 amide bonds. The molecule has 0 spiro atoms. The molecule has 184 valence electrons. The minimum Gasteiger partial charge on any atom is -0.481 e. The molecule has 2 aromatic carbocycles. The first-order valence-corrected chi connectivity index (χ1v) is 12.0. The number of aromatic nitrogens is 3. The fraction of sp³-hybridized carbons (Fsp3) is 0.385. The summed E-state index contributed by atoms with van der Waals surface area (Å²) in [5.74, 6) is -0.488. The number of aliphatic carboxylic acids is 1. The molecule has 1 fully saturated rings. The van der Waals surface area contributed by atoms with Gasteiger partial charge < -0.3 is 10.4 Å². The zero-order valence-electron chi connectivity index (χ0n) is 20.0. The van der Waals surface area contributed by atoms with E-state index in [4.69, 9.17) is 11.6 Å². The largest absolute Gasteiger partial charge is 0.481 e. The maximum absolute atomic E-state index is 13.5. The zero-order chi connectivity index (χ0) is 25.3. The topological polar surface area (TPSA) is 106 Å². The van der Waals surface area contributed by atoms with Crippen LogP contribution in [0.25, 0.3) is 0 Å². The van der Waals surface area contributed by atoms with Crippen molar-refractivity contribution >= 4 is 29.2 Å². The van der Waals surface area contributed by atoms with Crippen molar-refractivity contribution in [1.82, 2.24) is 14.1 Å². The molecule has 0 aliphatic heterocycles. The number of rotatable bonds is 9. The number of carbonyl (C=O) groups is 1. The van der Waals surface area contributed by atoms with Gasteiger partial charge in [-0.25, -0.2) is 14.2 Å². The van der Waals surface area contributed by atoms with Crippen LogP contribution in [0, 0.1) is 18.3 Å². The van der Waals surface area contributed by atoms with Crippen molar-refractivity contribution in [3.05, 3.63) is 85.1 Å². The number of hydrogen-bond donors (Lipinski definition) is 2. The first-order valence-electron chi connectivity index (χ1n) is 11.6. The zero-order valence-corrected chi connectivity index (χ0v) is 20.8. The molecule has 1 aliphatic rings. The Balaban J connectivity index is 1.75. The molecule has 0 unspecified atom stereocenters. The van der Waals surface area contributed by atoms with Gasteiger partial charge in [0.25, 0.3) is 0 Å². The van der Waals surface area contributed by atoms with Crippen molar-refractivity contribution < 1.29 is 9.90 Å². The van der Waals surface area contributed by atoms with Crippen molar-refractivity contribution in [2.24, 2.45) is 11.3 Å². The second kappa shape index (κ2) is 9.70. The van der Waals surface area contributed by atoms with Gasteiger partial charge in [0.15, 0.2) is 0 Å². The number of hydrogen-bond acceptors (Lipinski definition) is 5. The van der Waals surface area contributed by atoms with Crippen LogP contribution in [0.2, 0.25) is 5.02 Å². The third-order valence-electron chi connectivity index (χ3n) is 6.32. The number of nitrogens with zero attached hydrogens (tertiary/aromatic N) is 3. The Morgan fingerprint density at radius 2 is 1.83 bits per heavy atom. The average Bonchev–Trinajstić information content (AvgIpc) is 3.58. The third-order valence-corrected chi connectivity index (χ3v) is 6.67. The molecule has 0 atom stereocenters. The first-order chi connectivity index (χ1) is 16.6.